The average Bonchev–Trinajstić information content (AvgIpc) is 2.18. The maximum Gasteiger partial charge on any atom is 0.303 e. The Morgan fingerprint density at radius 1 is 1.47 bits per heavy atom. The lowest BCUT2D eigenvalue weighted by atomic mass is 10.00. The molecule has 1 aromatic carbocycles. The molecule has 1 atom stereocenters. The molecule has 0 aliphatic heterocycles. The van der Waals surface area contributed by atoms with Gasteiger partial charge < -0.3 is 5.11 Å². The first-order chi connectivity index (χ1) is 7.00. The van der Waals surface area contributed by atoms with Crippen LogP contribution in [0.25, 0.3) is 0 Å². The molecule has 1 rings (SSSR count). The zero-order valence-corrected chi connectivity index (χ0v) is 9.71. The van der Waals surface area contributed by atoms with E-state index in [4.69, 9.17) is 16.7 Å². The summed E-state index contributed by atoms with van der Waals surface area (Å²) in [6.07, 6.45) is 0.586. The Hall–Kier alpha value is -1.02. The van der Waals surface area contributed by atoms with E-state index >= 15 is 0 Å². The first kappa shape index (κ1) is 12.1. The Kier molecular flexibility index (Phi) is 4.15. The fraction of sp³-hybridized carbons (Fsp3) is 0.417. The van der Waals surface area contributed by atoms with Crippen molar-refractivity contribution in [3.63, 3.8) is 0 Å². The molecule has 0 saturated carbocycles. The van der Waals surface area contributed by atoms with Gasteiger partial charge in [-0.2, -0.15) is 0 Å². The Labute approximate surface area is 94.9 Å². The van der Waals surface area contributed by atoms with Crippen molar-refractivity contribution in [2.45, 2.75) is 32.1 Å². The molecule has 0 heterocycles. The third-order valence-electron chi connectivity index (χ3n) is 2.38. The molecule has 15 heavy (non-hydrogen) atoms. The van der Waals surface area contributed by atoms with E-state index in [2.05, 4.69) is 0 Å². The summed E-state index contributed by atoms with van der Waals surface area (Å²) in [5.41, 5.74) is 3.31. The van der Waals surface area contributed by atoms with Gasteiger partial charge in [0.15, 0.2) is 0 Å². The highest BCUT2D eigenvalue weighted by Crippen LogP contribution is 2.28. The lowest BCUT2D eigenvalue weighted by Gasteiger charge is -2.12. The molecule has 0 aromatic heterocycles. The topological polar surface area (TPSA) is 37.3 Å². The lowest BCUT2D eigenvalue weighted by Crippen LogP contribution is -2.00. The van der Waals surface area contributed by atoms with E-state index in [-0.39, 0.29) is 11.8 Å². The molecule has 0 aliphatic rings. The van der Waals surface area contributed by atoms with Crippen LogP contribution in [0.2, 0.25) is 0 Å². The summed E-state index contributed by atoms with van der Waals surface area (Å²) in [6, 6.07) is 6.06. The van der Waals surface area contributed by atoms with Crippen molar-refractivity contribution in [2.75, 3.05) is 0 Å². The number of hydrogen-bond acceptors (Lipinski definition) is 1. The van der Waals surface area contributed by atoms with Crippen LogP contribution in [-0.4, -0.2) is 11.1 Å². The molecule has 1 unspecified atom stereocenters. The van der Waals surface area contributed by atoms with Gasteiger partial charge in [-0.15, -0.1) is 11.6 Å². The van der Waals surface area contributed by atoms with Crippen molar-refractivity contribution in [3.8, 4) is 0 Å². The molecular formula is C12H15ClO2. The molecule has 0 fully saturated rings. The molecule has 0 radical (unpaired) electrons. The summed E-state index contributed by atoms with van der Waals surface area (Å²) < 4.78 is 0. The van der Waals surface area contributed by atoms with Gasteiger partial charge in [-0.25, -0.2) is 0 Å². The summed E-state index contributed by atoms with van der Waals surface area (Å²) in [4.78, 5) is 10.4. The second kappa shape index (κ2) is 5.17. The zero-order chi connectivity index (χ0) is 11.4. The van der Waals surface area contributed by atoms with Gasteiger partial charge >= 0.3 is 5.97 Å². The Morgan fingerprint density at radius 3 is 2.73 bits per heavy atom. The van der Waals surface area contributed by atoms with Gasteiger partial charge in [-0.3, -0.25) is 4.79 Å². The van der Waals surface area contributed by atoms with Crippen LogP contribution in [0.15, 0.2) is 18.2 Å². The number of carbonyl (C=O) groups is 1. The number of rotatable bonds is 4. The van der Waals surface area contributed by atoms with Crippen LogP contribution >= 0.6 is 11.6 Å². The molecule has 82 valence electrons. The number of benzene rings is 1. The van der Waals surface area contributed by atoms with Crippen molar-refractivity contribution in [3.05, 3.63) is 34.9 Å². The van der Waals surface area contributed by atoms with Gasteiger partial charge in [0.25, 0.3) is 0 Å². The van der Waals surface area contributed by atoms with Gasteiger partial charge in [0.05, 0.1) is 5.38 Å². The molecular weight excluding hydrogens is 212 g/mol. The van der Waals surface area contributed by atoms with Gasteiger partial charge in [-0.05, 0) is 31.4 Å². The maximum atomic E-state index is 10.4. The predicted octanol–water partition coefficient (Wildman–Crippen LogP) is 3.45. The normalized spacial score (nSPS) is 12.5. The molecule has 0 spiro atoms. The number of aryl methyl sites for hydroxylation is 2. The quantitative estimate of drug-likeness (QED) is 0.799. The monoisotopic (exact) mass is 226 g/mol. The first-order valence-electron chi connectivity index (χ1n) is 4.93. The molecule has 1 N–H and O–H groups in total. The zero-order valence-electron chi connectivity index (χ0n) is 8.96. The fourth-order valence-corrected chi connectivity index (χ4v) is 1.85. The van der Waals surface area contributed by atoms with Crippen LogP contribution in [0.4, 0.5) is 0 Å². The number of hydrogen-bond donors (Lipinski definition) is 1. The third-order valence-corrected chi connectivity index (χ3v) is 2.84. The van der Waals surface area contributed by atoms with Gasteiger partial charge in [0.1, 0.15) is 0 Å². The summed E-state index contributed by atoms with van der Waals surface area (Å²) in [5, 5.41) is 8.37. The minimum atomic E-state index is -0.800. The SMILES string of the molecule is Cc1ccc(C)c(C(Cl)CCC(=O)O)c1. The summed E-state index contributed by atoms with van der Waals surface area (Å²) >= 11 is 6.16. The van der Waals surface area contributed by atoms with Crippen molar-refractivity contribution in [1.29, 1.82) is 0 Å². The van der Waals surface area contributed by atoms with Crippen molar-refractivity contribution < 1.29 is 9.90 Å². The third kappa shape index (κ3) is 3.56. The van der Waals surface area contributed by atoms with Crippen LogP contribution in [0.5, 0.6) is 0 Å². The summed E-state index contributed by atoms with van der Waals surface area (Å²) in [6.45, 7) is 3.99. The van der Waals surface area contributed by atoms with E-state index in [1.165, 1.54) is 0 Å². The number of carboxylic acids is 1. The minimum Gasteiger partial charge on any atom is -0.481 e. The van der Waals surface area contributed by atoms with E-state index in [1.807, 2.05) is 32.0 Å². The van der Waals surface area contributed by atoms with E-state index in [0.29, 0.717) is 6.42 Å². The van der Waals surface area contributed by atoms with Crippen LogP contribution in [-0.2, 0) is 4.79 Å². The number of aliphatic carboxylic acids is 1. The standard InChI is InChI=1S/C12H15ClO2/c1-8-3-4-9(2)10(7-8)11(13)5-6-12(14)15/h3-4,7,11H,5-6H2,1-2H3,(H,14,15). The van der Waals surface area contributed by atoms with Crippen molar-refractivity contribution in [2.24, 2.45) is 0 Å². The first-order valence-corrected chi connectivity index (χ1v) is 5.37. The van der Waals surface area contributed by atoms with Gasteiger partial charge in [0, 0.05) is 6.42 Å². The fourth-order valence-electron chi connectivity index (χ4n) is 1.50. The molecule has 0 saturated heterocycles. The Morgan fingerprint density at radius 2 is 2.13 bits per heavy atom. The molecule has 0 aliphatic carbocycles. The summed E-state index contributed by atoms with van der Waals surface area (Å²) in [7, 11) is 0. The largest absolute Gasteiger partial charge is 0.481 e. The highest BCUT2D eigenvalue weighted by Gasteiger charge is 2.12. The van der Waals surface area contributed by atoms with Crippen LogP contribution in [0.1, 0.15) is 34.9 Å². The van der Waals surface area contributed by atoms with Crippen LogP contribution < -0.4 is 0 Å². The van der Waals surface area contributed by atoms with Gasteiger partial charge in [-0.1, -0.05) is 23.8 Å². The average molecular weight is 227 g/mol. The Bertz CT molecular complexity index is 361. The molecule has 3 heteroatoms. The van der Waals surface area contributed by atoms with Crippen LogP contribution in [0, 0.1) is 13.8 Å². The number of halogens is 1. The van der Waals surface area contributed by atoms with E-state index in [9.17, 15) is 4.79 Å². The molecule has 1 aromatic rings. The second-order valence-corrected chi connectivity index (χ2v) is 4.29. The highest BCUT2D eigenvalue weighted by atomic mass is 35.5. The highest BCUT2D eigenvalue weighted by molar-refractivity contribution is 6.21. The number of alkyl halides is 1. The van der Waals surface area contributed by atoms with Gasteiger partial charge in [0.2, 0.25) is 0 Å². The van der Waals surface area contributed by atoms with Crippen LogP contribution in [0.3, 0.4) is 0 Å². The smallest absolute Gasteiger partial charge is 0.303 e. The predicted molar refractivity (Wildman–Crippen MR) is 61.4 cm³/mol. The summed E-state index contributed by atoms with van der Waals surface area (Å²) in [5.74, 6) is -0.800. The Balaban J connectivity index is 2.76. The van der Waals surface area contributed by atoms with E-state index < -0.39 is 5.97 Å². The second-order valence-electron chi connectivity index (χ2n) is 3.76. The van der Waals surface area contributed by atoms with E-state index in [0.717, 1.165) is 16.7 Å². The molecule has 0 amide bonds. The number of carboxylic acid groups (broad SMARTS) is 1. The van der Waals surface area contributed by atoms with Crippen molar-refractivity contribution in [1.82, 2.24) is 0 Å². The molecule has 2 nitrogen and oxygen atoms in total. The lowest BCUT2D eigenvalue weighted by molar-refractivity contribution is -0.137. The molecule has 0 bridgehead atoms. The van der Waals surface area contributed by atoms with E-state index in [1.54, 1.807) is 0 Å². The maximum absolute atomic E-state index is 10.4. The van der Waals surface area contributed by atoms with Crippen molar-refractivity contribution >= 4 is 17.6 Å². The minimum absolute atomic E-state index is 0.113.